The van der Waals surface area contributed by atoms with Crippen LogP contribution in [0.3, 0.4) is 0 Å². The quantitative estimate of drug-likeness (QED) is 0.861. The van der Waals surface area contributed by atoms with E-state index >= 15 is 0 Å². The van der Waals surface area contributed by atoms with Crippen molar-refractivity contribution in [3.63, 3.8) is 0 Å². The Labute approximate surface area is 114 Å². The van der Waals surface area contributed by atoms with Crippen LogP contribution in [0.25, 0.3) is 0 Å². The molecular weight excluding hydrogens is 264 g/mol. The number of carboxylic acid groups (broad SMARTS) is 1. The molecule has 20 heavy (non-hydrogen) atoms. The fraction of sp³-hybridized carbons (Fsp3) is 0.154. The third-order valence-electron chi connectivity index (χ3n) is 2.48. The van der Waals surface area contributed by atoms with Crippen molar-refractivity contribution in [3.8, 4) is 5.75 Å². The second-order valence-corrected chi connectivity index (χ2v) is 3.93. The van der Waals surface area contributed by atoms with Crippen LogP contribution in [0.1, 0.15) is 16.1 Å². The molecule has 7 nitrogen and oxygen atoms in total. The average Bonchev–Trinajstić information content (AvgIpc) is 2.84. The Kier molecular flexibility index (Phi) is 3.99. The molecule has 1 amide bonds. The van der Waals surface area contributed by atoms with Gasteiger partial charge in [-0.2, -0.15) is 0 Å². The van der Waals surface area contributed by atoms with Gasteiger partial charge < -0.3 is 19.7 Å². The van der Waals surface area contributed by atoms with Crippen LogP contribution in [0.4, 0.5) is 5.69 Å². The van der Waals surface area contributed by atoms with Crippen molar-refractivity contribution in [1.29, 1.82) is 0 Å². The molecule has 0 aliphatic heterocycles. The summed E-state index contributed by atoms with van der Waals surface area (Å²) in [5.41, 5.74) is 0.678. The van der Waals surface area contributed by atoms with Gasteiger partial charge >= 0.3 is 5.97 Å². The number of anilines is 1. The number of carbonyl (C=O) groups is 2. The molecule has 1 aromatic heterocycles. The smallest absolute Gasteiger partial charge is 0.341 e. The number of aliphatic carboxylic acids is 1. The molecule has 0 aliphatic carbocycles. The number of carbonyl (C=O) groups excluding carboxylic acids is 1. The number of carboxylic acids is 1. The number of para-hydroxylation sites is 2. The van der Waals surface area contributed by atoms with E-state index in [-0.39, 0.29) is 5.75 Å². The van der Waals surface area contributed by atoms with Crippen molar-refractivity contribution in [2.45, 2.75) is 6.92 Å². The number of ether oxygens (including phenoxy) is 1. The van der Waals surface area contributed by atoms with Gasteiger partial charge in [0.1, 0.15) is 17.1 Å². The Morgan fingerprint density at radius 1 is 1.40 bits per heavy atom. The molecule has 0 fully saturated rings. The predicted molar refractivity (Wildman–Crippen MR) is 68.8 cm³/mol. The van der Waals surface area contributed by atoms with E-state index in [1.54, 1.807) is 31.2 Å². The van der Waals surface area contributed by atoms with Crippen LogP contribution in [0.5, 0.6) is 5.75 Å². The van der Waals surface area contributed by atoms with E-state index in [9.17, 15) is 9.59 Å². The molecule has 0 radical (unpaired) electrons. The molecule has 0 saturated heterocycles. The lowest BCUT2D eigenvalue weighted by Crippen LogP contribution is -2.15. The Bertz CT molecular complexity index is 635. The molecule has 104 valence electrons. The predicted octanol–water partition coefficient (Wildman–Crippen LogP) is 1.70. The van der Waals surface area contributed by atoms with Gasteiger partial charge in [-0.1, -0.05) is 17.3 Å². The standard InChI is InChI=1S/C13H12N2O5/c1-8-9(6-14-20-8)13(18)15-10-4-2-3-5-11(10)19-7-12(16)17/h2-6H,7H2,1H3,(H,15,18)(H,16,17). The van der Waals surface area contributed by atoms with E-state index < -0.39 is 18.5 Å². The maximum Gasteiger partial charge on any atom is 0.341 e. The summed E-state index contributed by atoms with van der Waals surface area (Å²) in [7, 11) is 0. The van der Waals surface area contributed by atoms with Gasteiger partial charge in [-0.3, -0.25) is 4.79 Å². The molecule has 0 aliphatic rings. The summed E-state index contributed by atoms with van der Waals surface area (Å²) in [6, 6.07) is 6.55. The number of aryl methyl sites for hydroxylation is 1. The van der Waals surface area contributed by atoms with Gasteiger partial charge in [-0.25, -0.2) is 4.79 Å². The molecule has 0 spiro atoms. The number of rotatable bonds is 5. The van der Waals surface area contributed by atoms with E-state index in [0.717, 1.165) is 0 Å². The number of hydrogen-bond acceptors (Lipinski definition) is 5. The number of amides is 1. The highest BCUT2D eigenvalue weighted by Crippen LogP contribution is 2.24. The van der Waals surface area contributed by atoms with Gasteiger partial charge in [0.15, 0.2) is 6.61 Å². The fourth-order valence-electron chi connectivity index (χ4n) is 1.54. The van der Waals surface area contributed by atoms with Gasteiger partial charge in [0.25, 0.3) is 5.91 Å². The molecule has 0 saturated carbocycles. The molecule has 0 unspecified atom stereocenters. The van der Waals surface area contributed by atoms with E-state index in [1.165, 1.54) is 6.20 Å². The summed E-state index contributed by atoms with van der Waals surface area (Å²) in [6.45, 7) is 1.13. The first-order valence-corrected chi connectivity index (χ1v) is 5.74. The second kappa shape index (κ2) is 5.87. The van der Waals surface area contributed by atoms with E-state index in [1.807, 2.05) is 0 Å². The third kappa shape index (κ3) is 3.14. The zero-order valence-corrected chi connectivity index (χ0v) is 10.6. The minimum absolute atomic E-state index is 0.275. The van der Waals surface area contributed by atoms with Crippen LogP contribution in [0, 0.1) is 6.92 Å². The van der Waals surface area contributed by atoms with Crippen molar-refractivity contribution in [2.75, 3.05) is 11.9 Å². The summed E-state index contributed by atoms with van der Waals surface area (Å²) >= 11 is 0. The Morgan fingerprint density at radius 2 is 2.15 bits per heavy atom. The lowest BCUT2D eigenvalue weighted by Gasteiger charge is -2.10. The Morgan fingerprint density at radius 3 is 2.80 bits per heavy atom. The fourth-order valence-corrected chi connectivity index (χ4v) is 1.54. The minimum atomic E-state index is -1.10. The van der Waals surface area contributed by atoms with E-state index in [4.69, 9.17) is 14.4 Å². The van der Waals surface area contributed by atoms with Crippen LogP contribution < -0.4 is 10.1 Å². The van der Waals surface area contributed by atoms with Crippen molar-refractivity contribution < 1.29 is 24.0 Å². The van der Waals surface area contributed by atoms with Crippen molar-refractivity contribution >= 4 is 17.6 Å². The summed E-state index contributed by atoms with van der Waals surface area (Å²) in [6.07, 6.45) is 1.31. The highest BCUT2D eigenvalue weighted by Gasteiger charge is 2.15. The molecule has 2 N–H and O–H groups in total. The maximum atomic E-state index is 12.0. The maximum absolute atomic E-state index is 12.0. The number of nitrogens with one attached hydrogen (secondary N) is 1. The van der Waals surface area contributed by atoms with Gasteiger partial charge in [0.05, 0.1) is 11.9 Å². The van der Waals surface area contributed by atoms with Gasteiger partial charge in [0, 0.05) is 0 Å². The minimum Gasteiger partial charge on any atom is -0.480 e. The lowest BCUT2D eigenvalue weighted by atomic mass is 10.2. The summed E-state index contributed by atoms with van der Waals surface area (Å²) < 4.78 is 9.91. The first kappa shape index (κ1) is 13.6. The summed E-state index contributed by atoms with van der Waals surface area (Å²) in [5.74, 6) is -0.833. The van der Waals surface area contributed by atoms with Crippen LogP contribution in [-0.4, -0.2) is 28.7 Å². The van der Waals surface area contributed by atoms with Crippen molar-refractivity contribution in [1.82, 2.24) is 5.16 Å². The van der Waals surface area contributed by atoms with Crippen LogP contribution in [0.15, 0.2) is 35.0 Å². The molecule has 1 heterocycles. The Balaban J connectivity index is 2.15. The molecule has 0 bridgehead atoms. The highest BCUT2D eigenvalue weighted by atomic mass is 16.5. The average molecular weight is 276 g/mol. The number of nitrogens with zero attached hydrogens (tertiary/aromatic N) is 1. The first-order chi connectivity index (χ1) is 9.58. The SMILES string of the molecule is Cc1oncc1C(=O)Nc1ccccc1OCC(=O)O. The number of aromatic nitrogens is 1. The van der Waals surface area contributed by atoms with Crippen LogP contribution in [-0.2, 0) is 4.79 Å². The molecular formula is C13H12N2O5. The molecule has 1 aromatic carbocycles. The van der Waals surface area contributed by atoms with Gasteiger partial charge in [0.2, 0.25) is 0 Å². The lowest BCUT2D eigenvalue weighted by molar-refractivity contribution is -0.139. The largest absolute Gasteiger partial charge is 0.480 e. The molecule has 7 heteroatoms. The topological polar surface area (TPSA) is 102 Å². The molecule has 0 atom stereocenters. The normalized spacial score (nSPS) is 10.1. The summed E-state index contributed by atoms with van der Waals surface area (Å²) in [4.78, 5) is 22.5. The van der Waals surface area contributed by atoms with Crippen molar-refractivity contribution in [2.24, 2.45) is 0 Å². The number of hydrogen-bond donors (Lipinski definition) is 2. The highest BCUT2D eigenvalue weighted by molar-refractivity contribution is 6.05. The zero-order valence-electron chi connectivity index (χ0n) is 10.6. The van der Waals surface area contributed by atoms with Gasteiger partial charge in [-0.15, -0.1) is 0 Å². The van der Waals surface area contributed by atoms with Crippen LogP contribution in [0.2, 0.25) is 0 Å². The van der Waals surface area contributed by atoms with Gasteiger partial charge in [-0.05, 0) is 19.1 Å². The third-order valence-corrected chi connectivity index (χ3v) is 2.48. The monoisotopic (exact) mass is 276 g/mol. The van der Waals surface area contributed by atoms with Crippen LogP contribution >= 0.6 is 0 Å². The van der Waals surface area contributed by atoms with E-state index in [0.29, 0.717) is 17.0 Å². The number of benzene rings is 1. The molecule has 2 aromatic rings. The van der Waals surface area contributed by atoms with E-state index in [2.05, 4.69) is 10.5 Å². The van der Waals surface area contributed by atoms with Crippen molar-refractivity contribution in [3.05, 3.63) is 41.8 Å². The Hall–Kier alpha value is -2.83. The second-order valence-electron chi connectivity index (χ2n) is 3.93. The molecule has 2 rings (SSSR count). The first-order valence-electron chi connectivity index (χ1n) is 5.74. The zero-order chi connectivity index (χ0) is 14.5. The summed E-state index contributed by atoms with van der Waals surface area (Å²) in [5, 5.41) is 14.7.